The van der Waals surface area contributed by atoms with E-state index >= 15 is 0 Å². The molecule has 124 valence electrons. The van der Waals surface area contributed by atoms with Crippen molar-refractivity contribution < 1.29 is 22.9 Å². The smallest absolute Gasteiger partial charge is 0.395 e. The predicted molar refractivity (Wildman–Crippen MR) is 85.3 cm³/mol. The van der Waals surface area contributed by atoms with Gasteiger partial charge in [0.25, 0.3) is 0 Å². The second-order valence-electron chi connectivity index (χ2n) is 5.13. The average molecular weight is 336 g/mol. The molecule has 0 fully saturated rings. The topological polar surface area (TPSA) is 91.5 Å². The second-order valence-corrected chi connectivity index (χ2v) is 5.13. The maximum atomic E-state index is 12.0. The molecule has 1 aromatic carbocycles. The minimum Gasteiger partial charge on any atom is -0.461 e. The van der Waals surface area contributed by atoms with E-state index < -0.39 is 5.97 Å². The van der Waals surface area contributed by atoms with E-state index in [0.717, 1.165) is 5.56 Å². The number of esters is 1. The number of rotatable bonds is 5. The molecule has 0 amide bonds. The molecule has 0 N–H and O–H groups in total. The van der Waals surface area contributed by atoms with E-state index in [2.05, 4.69) is 10.1 Å². The Labute approximate surface area is 141 Å². The van der Waals surface area contributed by atoms with Crippen LogP contribution in [0.2, 0.25) is 0 Å². The third kappa shape index (κ3) is 3.20. The third-order valence-electron chi connectivity index (χ3n) is 3.41. The Morgan fingerprint density at radius 2 is 1.92 bits per heavy atom. The molecule has 25 heavy (non-hydrogen) atoms. The molecule has 0 aliphatic carbocycles. The average Bonchev–Trinajstić information content (AvgIpc) is 3.41. The third-order valence-corrected chi connectivity index (χ3v) is 3.41. The van der Waals surface area contributed by atoms with Gasteiger partial charge in [-0.15, -0.1) is 0 Å². The highest BCUT2D eigenvalue weighted by Crippen LogP contribution is 2.22. The van der Waals surface area contributed by atoms with E-state index in [9.17, 15) is 4.79 Å². The summed E-state index contributed by atoms with van der Waals surface area (Å²) >= 11 is 0. The van der Waals surface area contributed by atoms with Crippen molar-refractivity contribution in [3.05, 3.63) is 72.6 Å². The molecule has 0 bridgehead atoms. The monoisotopic (exact) mass is 336 g/mol. The molecular weight excluding hydrogens is 324 g/mol. The fraction of sp³-hybridized carbons (Fsp3) is 0.0556. The number of furan rings is 1. The molecule has 0 saturated heterocycles. The van der Waals surface area contributed by atoms with Crippen molar-refractivity contribution in [2.45, 2.75) is 6.61 Å². The summed E-state index contributed by atoms with van der Waals surface area (Å²) in [6, 6.07) is 14.5. The van der Waals surface area contributed by atoms with Gasteiger partial charge in [-0.3, -0.25) is 0 Å². The molecule has 7 heteroatoms. The summed E-state index contributed by atoms with van der Waals surface area (Å²) in [5, 5.41) is 3.83. The summed E-state index contributed by atoms with van der Waals surface area (Å²) in [6.07, 6.45) is 3.02. The number of benzene rings is 1. The Bertz CT molecular complexity index is 970. The van der Waals surface area contributed by atoms with Gasteiger partial charge in [-0.05, 0) is 12.1 Å². The Balaban J connectivity index is 1.40. The highest BCUT2D eigenvalue weighted by Gasteiger charge is 2.17. The molecule has 4 rings (SSSR count). The normalized spacial score (nSPS) is 10.7. The SMILES string of the molecule is O=C(OCc1cc(-c2ccco2)on1)c1ncc(-c2ccccc2)o1. The lowest BCUT2D eigenvalue weighted by molar-refractivity contribution is 0.0419. The molecule has 0 aliphatic rings. The van der Waals surface area contributed by atoms with Crippen LogP contribution in [0, 0.1) is 0 Å². The van der Waals surface area contributed by atoms with E-state index in [1.165, 1.54) is 12.5 Å². The summed E-state index contributed by atoms with van der Waals surface area (Å²) in [4.78, 5) is 16.0. The van der Waals surface area contributed by atoms with Crippen LogP contribution in [0.4, 0.5) is 0 Å². The summed E-state index contributed by atoms with van der Waals surface area (Å²) in [5.74, 6) is 0.705. The lowest BCUT2D eigenvalue weighted by Crippen LogP contribution is -2.05. The molecule has 0 atom stereocenters. The van der Waals surface area contributed by atoms with Crippen LogP contribution < -0.4 is 0 Å². The first-order chi connectivity index (χ1) is 12.3. The van der Waals surface area contributed by atoms with Gasteiger partial charge in [-0.25, -0.2) is 9.78 Å². The number of carbonyl (C=O) groups excluding carboxylic acids is 1. The van der Waals surface area contributed by atoms with Crippen molar-refractivity contribution >= 4 is 5.97 Å². The van der Waals surface area contributed by atoms with Gasteiger partial charge in [0.2, 0.25) is 5.76 Å². The van der Waals surface area contributed by atoms with E-state index in [-0.39, 0.29) is 12.5 Å². The Morgan fingerprint density at radius 3 is 2.72 bits per heavy atom. The molecule has 0 radical (unpaired) electrons. The van der Waals surface area contributed by atoms with Gasteiger partial charge in [0.1, 0.15) is 12.3 Å². The summed E-state index contributed by atoms with van der Waals surface area (Å²) in [7, 11) is 0. The van der Waals surface area contributed by atoms with Gasteiger partial charge < -0.3 is 18.1 Å². The lowest BCUT2D eigenvalue weighted by atomic mass is 10.2. The van der Waals surface area contributed by atoms with Crippen LogP contribution in [0.5, 0.6) is 0 Å². The van der Waals surface area contributed by atoms with E-state index in [1.54, 1.807) is 18.2 Å². The van der Waals surface area contributed by atoms with Crippen LogP contribution in [-0.4, -0.2) is 16.1 Å². The minimum atomic E-state index is -0.676. The molecular formula is C18H12N2O5. The molecule has 7 nitrogen and oxygen atoms in total. The molecule has 4 aromatic rings. The molecule has 0 spiro atoms. The zero-order valence-corrected chi connectivity index (χ0v) is 12.9. The van der Waals surface area contributed by atoms with Crippen molar-refractivity contribution in [2.24, 2.45) is 0 Å². The van der Waals surface area contributed by atoms with E-state index in [0.29, 0.717) is 23.0 Å². The fourth-order valence-corrected chi connectivity index (χ4v) is 2.22. The first-order valence-corrected chi connectivity index (χ1v) is 7.47. The lowest BCUT2D eigenvalue weighted by Gasteiger charge is -1.98. The van der Waals surface area contributed by atoms with Crippen LogP contribution >= 0.6 is 0 Å². The van der Waals surface area contributed by atoms with Crippen molar-refractivity contribution in [1.29, 1.82) is 0 Å². The van der Waals surface area contributed by atoms with Gasteiger partial charge >= 0.3 is 11.9 Å². The molecule has 0 aliphatic heterocycles. The zero-order chi connectivity index (χ0) is 17.1. The summed E-state index contributed by atoms with van der Waals surface area (Å²) in [5.41, 5.74) is 1.28. The molecule has 0 saturated carbocycles. The van der Waals surface area contributed by atoms with Gasteiger partial charge in [-0.2, -0.15) is 0 Å². The molecule has 0 unspecified atom stereocenters. The Morgan fingerprint density at radius 1 is 1.04 bits per heavy atom. The quantitative estimate of drug-likeness (QED) is 0.510. The zero-order valence-electron chi connectivity index (χ0n) is 12.9. The van der Waals surface area contributed by atoms with Crippen LogP contribution in [0.3, 0.4) is 0 Å². The minimum absolute atomic E-state index is 0.0634. The standard InChI is InChI=1S/C18H12N2O5/c21-18(17-19-10-16(24-17)12-5-2-1-3-6-12)23-11-13-9-15(25-20-13)14-7-4-8-22-14/h1-10H,11H2. The van der Waals surface area contributed by atoms with Gasteiger partial charge in [0.05, 0.1) is 12.5 Å². The summed E-state index contributed by atoms with van der Waals surface area (Å²) < 4.78 is 20.9. The van der Waals surface area contributed by atoms with Crippen molar-refractivity contribution in [1.82, 2.24) is 10.1 Å². The van der Waals surface area contributed by atoms with E-state index in [1.807, 2.05) is 30.3 Å². The number of aromatic nitrogens is 2. The number of hydrogen-bond donors (Lipinski definition) is 0. The number of carbonyl (C=O) groups is 1. The fourth-order valence-electron chi connectivity index (χ4n) is 2.22. The van der Waals surface area contributed by atoms with Crippen molar-refractivity contribution in [3.8, 4) is 22.8 Å². The van der Waals surface area contributed by atoms with E-state index in [4.69, 9.17) is 18.1 Å². The predicted octanol–water partition coefficient (Wildman–Crippen LogP) is 3.95. The molecule has 3 heterocycles. The molecule has 3 aromatic heterocycles. The van der Waals surface area contributed by atoms with Crippen LogP contribution in [-0.2, 0) is 11.3 Å². The maximum absolute atomic E-state index is 12.0. The number of nitrogens with zero attached hydrogens (tertiary/aromatic N) is 2. The summed E-state index contributed by atoms with van der Waals surface area (Å²) in [6.45, 7) is -0.0634. The van der Waals surface area contributed by atoms with Crippen LogP contribution in [0.25, 0.3) is 22.8 Å². The highest BCUT2D eigenvalue weighted by atomic mass is 16.5. The number of ether oxygens (including phenoxy) is 1. The largest absolute Gasteiger partial charge is 0.461 e. The number of hydrogen-bond acceptors (Lipinski definition) is 7. The van der Waals surface area contributed by atoms with Crippen LogP contribution in [0.1, 0.15) is 16.4 Å². The van der Waals surface area contributed by atoms with Gasteiger partial charge in [0.15, 0.2) is 11.5 Å². The van der Waals surface area contributed by atoms with Crippen LogP contribution in [0.15, 0.2) is 74.3 Å². The van der Waals surface area contributed by atoms with Crippen molar-refractivity contribution in [3.63, 3.8) is 0 Å². The van der Waals surface area contributed by atoms with Crippen molar-refractivity contribution in [2.75, 3.05) is 0 Å². The number of oxazole rings is 1. The second kappa shape index (κ2) is 6.48. The van der Waals surface area contributed by atoms with Gasteiger partial charge in [0, 0.05) is 11.6 Å². The Kier molecular flexibility index (Phi) is 3.88. The van der Waals surface area contributed by atoms with Gasteiger partial charge in [-0.1, -0.05) is 35.5 Å². The Hall–Kier alpha value is -3.61. The maximum Gasteiger partial charge on any atom is 0.395 e. The first-order valence-electron chi connectivity index (χ1n) is 7.47. The highest BCUT2D eigenvalue weighted by molar-refractivity contribution is 5.84. The first kappa shape index (κ1) is 14.9.